The predicted molar refractivity (Wildman–Crippen MR) is 87.4 cm³/mol. The van der Waals surface area contributed by atoms with Gasteiger partial charge in [0.25, 0.3) is 0 Å². The van der Waals surface area contributed by atoms with E-state index in [9.17, 15) is 13.2 Å². The van der Waals surface area contributed by atoms with Gasteiger partial charge in [0.15, 0.2) is 0 Å². The van der Waals surface area contributed by atoms with Crippen LogP contribution in [0.4, 0.5) is 4.79 Å². The molecule has 2 N–H and O–H groups in total. The highest BCUT2D eigenvalue weighted by atomic mass is 32.2. The van der Waals surface area contributed by atoms with Gasteiger partial charge in [0.1, 0.15) is 0 Å². The molecule has 9 heteroatoms. The third kappa shape index (κ3) is 4.93. The molecule has 1 aliphatic heterocycles. The maximum atomic E-state index is 12.4. The molecule has 0 bridgehead atoms. The molecular weight excluding hydrogens is 318 g/mol. The maximum Gasteiger partial charge on any atom is 0.317 e. The van der Waals surface area contributed by atoms with Gasteiger partial charge >= 0.3 is 6.03 Å². The highest BCUT2D eigenvalue weighted by molar-refractivity contribution is 7.89. The maximum absolute atomic E-state index is 12.4. The molecule has 1 aliphatic rings. The summed E-state index contributed by atoms with van der Waals surface area (Å²) in [6, 6.07) is -0.215. The molecule has 1 atom stereocenters. The van der Waals surface area contributed by atoms with Crippen LogP contribution in [0.1, 0.15) is 37.8 Å². The normalized spacial score (nSPS) is 18.9. The van der Waals surface area contributed by atoms with Crippen LogP contribution < -0.4 is 10.0 Å². The van der Waals surface area contributed by atoms with Crippen LogP contribution in [-0.4, -0.2) is 54.5 Å². The summed E-state index contributed by atoms with van der Waals surface area (Å²) in [7, 11) is -1.47. The number of aromatic nitrogens is 2. The van der Waals surface area contributed by atoms with Crippen molar-refractivity contribution in [3.63, 3.8) is 0 Å². The first-order valence-corrected chi connectivity index (χ1v) is 9.58. The lowest BCUT2D eigenvalue weighted by atomic mass is 9.98. The van der Waals surface area contributed by atoms with Crippen LogP contribution in [0, 0.1) is 0 Å². The minimum absolute atomic E-state index is 0.00261. The first-order valence-electron chi connectivity index (χ1n) is 7.93. The van der Waals surface area contributed by atoms with Crippen LogP contribution in [0.2, 0.25) is 0 Å². The van der Waals surface area contributed by atoms with Crippen LogP contribution in [0.15, 0.2) is 12.4 Å². The SMILES string of the molecule is CCNS(=O)(=O)CCNC(=O)N1CCCCC1c1cnn(C)c1. The van der Waals surface area contributed by atoms with Crippen LogP contribution in [-0.2, 0) is 17.1 Å². The van der Waals surface area contributed by atoms with E-state index in [-0.39, 0.29) is 24.4 Å². The Morgan fingerprint density at radius 1 is 1.43 bits per heavy atom. The number of carbonyl (C=O) groups excluding carboxylic acids is 1. The van der Waals surface area contributed by atoms with Crippen molar-refractivity contribution in [2.75, 3.05) is 25.4 Å². The minimum atomic E-state index is -3.32. The first-order chi connectivity index (χ1) is 10.9. The topological polar surface area (TPSA) is 96.3 Å². The Morgan fingerprint density at radius 3 is 2.87 bits per heavy atom. The second kappa shape index (κ2) is 7.78. The summed E-state index contributed by atoms with van der Waals surface area (Å²) in [5.74, 6) is -0.113. The number of hydrogen-bond acceptors (Lipinski definition) is 4. The number of amides is 2. The summed E-state index contributed by atoms with van der Waals surface area (Å²) in [4.78, 5) is 14.2. The molecule has 8 nitrogen and oxygen atoms in total. The number of hydrogen-bond donors (Lipinski definition) is 2. The highest BCUT2D eigenvalue weighted by Gasteiger charge is 2.28. The molecule has 2 heterocycles. The zero-order valence-corrected chi connectivity index (χ0v) is 14.5. The molecule has 2 amide bonds. The summed E-state index contributed by atoms with van der Waals surface area (Å²) in [5, 5.41) is 6.89. The molecular formula is C14H25N5O3S. The van der Waals surface area contributed by atoms with E-state index in [0.29, 0.717) is 13.1 Å². The van der Waals surface area contributed by atoms with Gasteiger partial charge in [-0.25, -0.2) is 17.9 Å². The fraction of sp³-hybridized carbons (Fsp3) is 0.714. The van der Waals surface area contributed by atoms with Gasteiger partial charge in [-0.05, 0) is 19.3 Å². The van der Waals surface area contributed by atoms with Crippen molar-refractivity contribution in [3.8, 4) is 0 Å². The van der Waals surface area contributed by atoms with Crippen LogP contribution in [0.5, 0.6) is 0 Å². The Labute approximate surface area is 137 Å². The van der Waals surface area contributed by atoms with E-state index in [1.807, 2.05) is 13.2 Å². The van der Waals surface area contributed by atoms with E-state index in [1.54, 1.807) is 22.7 Å². The van der Waals surface area contributed by atoms with Gasteiger partial charge in [-0.1, -0.05) is 6.92 Å². The molecule has 0 spiro atoms. The Morgan fingerprint density at radius 2 is 2.22 bits per heavy atom. The smallest absolute Gasteiger partial charge is 0.317 e. The summed E-state index contributed by atoms with van der Waals surface area (Å²) >= 11 is 0. The summed E-state index contributed by atoms with van der Waals surface area (Å²) in [6.07, 6.45) is 6.63. The summed E-state index contributed by atoms with van der Waals surface area (Å²) in [6.45, 7) is 2.85. The average molecular weight is 343 g/mol. The van der Waals surface area contributed by atoms with Crippen molar-refractivity contribution in [1.82, 2.24) is 24.7 Å². The van der Waals surface area contributed by atoms with Gasteiger partial charge in [-0.3, -0.25) is 4.68 Å². The Balaban J connectivity index is 1.93. The lowest BCUT2D eigenvalue weighted by Gasteiger charge is -2.35. The van der Waals surface area contributed by atoms with E-state index < -0.39 is 10.0 Å². The molecule has 2 rings (SSSR count). The van der Waals surface area contributed by atoms with Crippen molar-refractivity contribution in [3.05, 3.63) is 18.0 Å². The van der Waals surface area contributed by atoms with Crippen LogP contribution >= 0.6 is 0 Å². The molecule has 0 aromatic carbocycles. The number of piperidine rings is 1. The Kier molecular flexibility index (Phi) is 6.00. The summed E-state index contributed by atoms with van der Waals surface area (Å²) < 4.78 is 27.3. The molecule has 23 heavy (non-hydrogen) atoms. The van der Waals surface area contributed by atoms with Crippen molar-refractivity contribution in [2.24, 2.45) is 7.05 Å². The van der Waals surface area contributed by atoms with Crippen LogP contribution in [0.25, 0.3) is 0 Å². The molecule has 1 unspecified atom stereocenters. The minimum Gasteiger partial charge on any atom is -0.337 e. The van der Waals surface area contributed by atoms with Gasteiger partial charge < -0.3 is 10.2 Å². The van der Waals surface area contributed by atoms with E-state index in [2.05, 4.69) is 15.1 Å². The van der Waals surface area contributed by atoms with Crippen molar-refractivity contribution in [1.29, 1.82) is 0 Å². The molecule has 0 aliphatic carbocycles. The zero-order valence-electron chi connectivity index (χ0n) is 13.7. The Hall–Kier alpha value is -1.61. The van der Waals surface area contributed by atoms with Gasteiger partial charge in [0, 0.05) is 38.4 Å². The van der Waals surface area contributed by atoms with Gasteiger partial charge in [0.05, 0.1) is 18.0 Å². The van der Waals surface area contributed by atoms with Crippen molar-refractivity contribution in [2.45, 2.75) is 32.2 Å². The number of nitrogens with zero attached hydrogens (tertiary/aromatic N) is 3. The lowest BCUT2D eigenvalue weighted by molar-refractivity contribution is 0.152. The second-order valence-electron chi connectivity index (χ2n) is 5.70. The number of rotatable bonds is 6. The van der Waals surface area contributed by atoms with E-state index in [1.165, 1.54) is 0 Å². The monoisotopic (exact) mass is 343 g/mol. The molecule has 1 saturated heterocycles. The number of aryl methyl sites for hydroxylation is 1. The fourth-order valence-corrected chi connectivity index (χ4v) is 3.77. The lowest BCUT2D eigenvalue weighted by Crippen LogP contribution is -2.46. The molecule has 0 radical (unpaired) electrons. The zero-order chi connectivity index (χ0) is 16.9. The number of carbonyl (C=O) groups is 1. The molecule has 0 saturated carbocycles. The first kappa shape index (κ1) is 17.7. The second-order valence-corrected chi connectivity index (χ2v) is 7.63. The number of nitrogens with one attached hydrogen (secondary N) is 2. The molecule has 130 valence electrons. The van der Waals surface area contributed by atoms with Gasteiger partial charge in [0.2, 0.25) is 10.0 Å². The van der Waals surface area contributed by atoms with E-state index in [4.69, 9.17) is 0 Å². The standard InChI is InChI=1S/C14H25N5O3S/c1-3-17-23(21,22)9-7-15-14(20)19-8-5-4-6-13(19)12-10-16-18(2)11-12/h10-11,13,17H,3-9H2,1-2H3,(H,15,20). The fourth-order valence-electron chi connectivity index (χ4n) is 2.82. The summed E-state index contributed by atoms with van der Waals surface area (Å²) in [5.41, 5.74) is 1.02. The molecule has 1 aromatic rings. The molecule has 1 fully saturated rings. The molecule has 1 aromatic heterocycles. The Bertz CT molecular complexity index is 628. The number of sulfonamides is 1. The van der Waals surface area contributed by atoms with Crippen molar-refractivity contribution >= 4 is 16.1 Å². The van der Waals surface area contributed by atoms with Gasteiger partial charge in [-0.15, -0.1) is 0 Å². The quantitative estimate of drug-likeness (QED) is 0.790. The number of urea groups is 1. The average Bonchev–Trinajstić information content (AvgIpc) is 2.93. The highest BCUT2D eigenvalue weighted by Crippen LogP contribution is 2.30. The third-order valence-corrected chi connectivity index (χ3v) is 5.35. The van der Waals surface area contributed by atoms with Gasteiger partial charge in [-0.2, -0.15) is 5.10 Å². The third-order valence-electron chi connectivity index (χ3n) is 3.88. The number of likely N-dealkylation sites (tertiary alicyclic amines) is 1. The van der Waals surface area contributed by atoms with Crippen LogP contribution in [0.3, 0.4) is 0 Å². The largest absolute Gasteiger partial charge is 0.337 e. The van der Waals surface area contributed by atoms with Crippen molar-refractivity contribution < 1.29 is 13.2 Å². The van der Waals surface area contributed by atoms with E-state index in [0.717, 1.165) is 24.8 Å². The predicted octanol–water partition coefficient (Wildman–Crippen LogP) is 0.596. The van der Waals surface area contributed by atoms with E-state index >= 15 is 0 Å².